The van der Waals surface area contributed by atoms with E-state index in [1.54, 1.807) is 24.3 Å². The second kappa shape index (κ2) is 10.4. The number of carbonyl (C=O) groups is 2. The topological polar surface area (TPSA) is 93.4 Å². The first kappa shape index (κ1) is 23.3. The second-order valence-electron chi connectivity index (χ2n) is 7.95. The molecule has 33 heavy (non-hydrogen) atoms. The van der Waals surface area contributed by atoms with Gasteiger partial charge in [-0.1, -0.05) is 41.4 Å². The maximum absolute atomic E-state index is 12.9. The molecule has 1 aliphatic heterocycles. The van der Waals surface area contributed by atoms with Crippen LogP contribution in [0, 0.1) is 0 Å². The van der Waals surface area contributed by atoms with Crippen LogP contribution in [0.1, 0.15) is 26.4 Å². The Balaban J connectivity index is 1.43. The molecule has 0 atom stereocenters. The van der Waals surface area contributed by atoms with Crippen LogP contribution in [-0.2, 0) is 6.54 Å². The zero-order valence-electron chi connectivity index (χ0n) is 18.1. The molecule has 2 aromatic carbocycles. The van der Waals surface area contributed by atoms with Gasteiger partial charge in [0.2, 0.25) is 0 Å². The van der Waals surface area contributed by atoms with E-state index in [1.165, 1.54) is 6.20 Å². The van der Waals surface area contributed by atoms with Gasteiger partial charge in [0.05, 0.1) is 27.6 Å². The number of hydrogen-bond acceptors (Lipinski definition) is 5. The van der Waals surface area contributed by atoms with Crippen LogP contribution in [0.2, 0.25) is 10.0 Å². The van der Waals surface area contributed by atoms with Crippen molar-refractivity contribution in [1.29, 1.82) is 0 Å². The van der Waals surface area contributed by atoms with Crippen LogP contribution in [0.5, 0.6) is 0 Å². The Labute approximate surface area is 201 Å². The lowest BCUT2D eigenvalue weighted by Crippen LogP contribution is -2.43. The van der Waals surface area contributed by atoms with E-state index in [-0.39, 0.29) is 22.3 Å². The van der Waals surface area contributed by atoms with Crippen molar-refractivity contribution < 1.29 is 9.59 Å². The van der Waals surface area contributed by atoms with Gasteiger partial charge in [0, 0.05) is 38.3 Å². The fourth-order valence-electron chi connectivity index (χ4n) is 3.61. The molecule has 4 rings (SSSR count). The van der Waals surface area contributed by atoms with Crippen molar-refractivity contribution in [3.63, 3.8) is 0 Å². The van der Waals surface area contributed by atoms with Crippen LogP contribution in [-0.4, -0.2) is 65.0 Å². The van der Waals surface area contributed by atoms with E-state index in [0.717, 1.165) is 38.3 Å². The number of nitrogens with one attached hydrogen (secondary N) is 3. The van der Waals surface area contributed by atoms with Gasteiger partial charge in [-0.15, -0.1) is 0 Å². The van der Waals surface area contributed by atoms with Gasteiger partial charge < -0.3 is 15.5 Å². The van der Waals surface area contributed by atoms with Gasteiger partial charge in [0.1, 0.15) is 5.69 Å². The molecular weight excluding hydrogens is 463 g/mol. The number of hydrogen-bond donors (Lipinski definition) is 3. The summed E-state index contributed by atoms with van der Waals surface area (Å²) in [4.78, 5) is 30.3. The van der Waals surface area contributed by atoms with Crippen molar-refractivity contribution in [2.75, 3.05) is 43.9 Å². The number of benzene rings is 2. The smallest absolute Gasteiger partial charge is 0.275 e. The molecule has 1 aliphatic rings. The van der Waals surface area contributed by atoms with E-state index in [1.807, 2.05) is 18.2 Å². The van der Waals surface area contributed by atoms with E-state index in [2.05, 4.69) is 37.7 Å². The number of rotatable bonds is 6. The van der Waals surface area contributed by atoms with Gasteiger partial charge in [0.25, 0.3) is 11.8 Å². The number of likely N-dealkylation sites (N-methyl/N-ethyl adjacent to an activating group) is 1. The average Bonchev–Trinajstić information content (AvgIpc) is 3.27. The van der Waals surface area contributed by atoms with Gasteiger partial charge in [-0.05, 0) is 36.9 Å². The zero-order valence-corrected chi connectivity index (χ0v) is 19.6. The van der Waals surface area contributed by atoms with Crippen LogP contribution in [0.25, 0.3) is 0 Å². The highest BCUT2D eigenvalue weighted by Gasteiger charge is 2.19. The Morgan fingerprint density at radius 2 is 1.73 bits per heavy atom. The number of amides is 2. The van der Waals surface area contributed by atoms with Gasteiger partial charge in [0.15, 0.2) is 0 Å². The third kappa shape index (κ3) is 5.72. The first-order valence-corrected chi connectivity index (χ1v) is 11.3. The lowest BCUT2D eigenvalue weighted by molar-refractivity contribution is 0.102. The fraction of sp³-hybridized carbons (Fsp3) is 0.261. The Morgan fingerprint density at radius 1 is 1.00 bits per heavy atom. The Hall–Kier alpha value is -2.91. The van der Waals surface area contributed by atoms with E-state index in [0.29, 0.717) is 16.3 Å². The third-order valence-corrected chi connectivity index (χ3v) is 6.32. The molecule has 1 saturated heterocycles. The highest BCUT2D eigenvalue weighted by Crippen LogP contribution is 2.30. The lowest BCUT2D eigenvalue weighted by Gasteiger charge is -2.32. The van der Waals surface area contributed by atoms with E-state index >= 15 is 0 Å². The van der Waals surface area contributed by atoms with Crippen LogP contribution in [0.4, 0.5) is 11.4 Å². The van der Waals surface area contributed by atoms with Crippen molar-refractivity contribution in [3.05, 3.63) is 75.5 Å². The molecule has 1 aromatic heterocycles. The predicted molar refractivity (Wildman–Crippen MR) is 130 cm³/mol. The van der Waals surface area contributed by atoms with Gasteiger partial charge in [-0.2, -0.15) is 5.10 Å². The number of nitrogens with zero attached hydrogens (tertiary/aromatic N) is 3. The van der Waals surface area contributed by atoms with Crippen molar-refractivity contribution >= 4 is 46.4 Å². The fourth-order valence-corrected chi connectivity index (χ4v) is 3.96. The summed E-state index contributed by atoms with van der Waals surface area (Å²) in [5.41, 5.74) is 2.30. The van der Waals surface area contributed by atoms with Crippen LogP contribution < -0.4 is 10.6 Å². The maximum Gasteiger partial charge on any atom is 0.275 e. The Morgan fingerprint density at radius 3 is 2.52 bits per heavy atom. The summed E-state index contributed by atoms with van der Waals surface area (Å²) in [5.74, 6) is -0.831. The molecular formula is C23H24Cl2N6O2. The molecule has 8 nitrogen and oxygen atoms in total. The molecule has 0 bridgehead atoms. The minimum atomic E-state index is -0.504. The number of anilines is 2. The van der Waals surface area contributed by atoms with Crippen molar-refractivity contribution in [1.82, 2.24) is 20.0 Å². The highest BCUT2D eigenvalue weighted by molar-refractivity contribution is 6.44. The zero-order chi connectivity index (χ0) is 23.4. The summed E-state index contributed by atoms with van der Waals surface area (Å²) in [6, 6.07) is 12.4. The van der Waals surface area contributed by atoms with Gasteiger partial charge >= 0.3 is 0 Å². The van der Waals surface area contributed by atoms with Crippen LogP contribution in [0.15, 0.2) is 48.7 Å². The summed E-state index contributed by atoms with van der Waals surface area (Å²) >= 11 is 12.2. The van der Waals surface area contributed by atoms with Crippen molar-refractivity contribution in [2.24, 2.45) is 0 Å². The second-order valence-corrected chi connectivity index (χ2v) is 8.73. The standard InChI is InChI=1S/C23H24Cl2N6O2/c1-30-8-10-31(11-9-30)14-15-4-2-5-16(12-15)22(32)28-19-13-26-29-21(19)23(33)27-18-7-3-6-17(24)20(18)25/h2-7,12-13H,8-11,14H2,1H3,(H,26,29)(H,27,33)(H,28,32). The minimum Gasteiger partial charge on any atom is -0.319 e. The van der Waals surface area contributed by atoms with Crippen LogP contribution in [0.3, 0.4) is 0 Å². The SMILES string of the molecule is CN1CCN(Cc2cccc(C(=O)Nc3cn[nH]c3C(=O)Nc3cccc(Cl)c3Cl)c2)CC1. The summed E-state index contributed by atoms with van der Waals surface area (Å²) in [6.45, 7) is 4.85. The molecule has 2 amide bonds. The summed E-state index contributed by atoms with van der Waals surface area (Å²) in [7, 11) is 2.12. The predicted octanol–water partition coefficient (Wildman–Crippen LogP) is 3.97. The maximum atomic E-state index is 12.9. The molecule has 10 heteroatoms. The number of carbonyl (C=O) groups excluding carboxylic acids is 2. The molecule has 0 saturated carbocycles. The van der Waals surface area contributed by atoms with Gasteiger partial charge in [-0.3, -0.25) is 19.6 Å². The minimum absolute atomic E-state index is 0.105. The average molecular weight is 487 g/mol. The summed E-state index contributed by atoms with van der Waals surface area (Å²) < 4.78 is 0. The highest BCUT2D eigenvalue weighted by atomic mass is 35.5. The molecule has 1 fully saturated rings. The first-order valence-electron chi connectivity index (χ1n) is 10.5. The number of aromatic amines is 1. The van der Waals surface area contributed by atoms with E-state index < -0.39 is 5.91 Å². The summed E-state index contributed by atoms with van der Waals surface area (Å²) in [6.07, 6.45) is 1.39. The molecule has 0 aliphatic carbocycles. The number of piperazine rings is 1. The van der Waals surface area contributed by atoms with Crippen molar-refractivity contribution in [3.8, 4) is 0 Å². The monoisotopic (exact) mass is 486 g/mol. The molecule has 0 spiro atoms. The van der Waals surface area contributed by atoms with Gasteiger partial charge in [-0.25, -0.2) is 0 Å². The first-order chi connectivity index (χ1) is 15.9. The van der Waals surface area contributed by atoms with Crippen LogP contribution >= 0.6 is 23.2 Å². The Kier molecular flexibility index (Phi) is 7.29. The number of aromatic nitrogens is 2. The largest absolute Gasteiger partial charge is 0.319 e. The molecule has 0 radical (unpaired) electrons. The number of halogens is 2. The molecule has 3 aromatic rings. The molecule has 2 heterocycles. The van der Waals surface area contributed by atoms with E-state index in [9.17, 15) is 9.59 Å². The molecule has 3 N–H and O–H groups in total. The van der Waals surface area contributed by atoms with Crippen molar-refractivity contribution in [2.45, 2.75) is 6.54 Å². The van der Waals surface area contributed by atoms with E-state index in [4.69, 9.17) is 23.2 Å². The quantitative estimate of drug-likeness (QED) is 0.490. The third-order valence-electron chi connectivity index (χ3n) is 5.51. The number of H-pyrrole nitrogens is 1. The summed E-state index contributed by atoms with van der Waals surface area (Å²) in [5, 5.41) is 12.5. The lowest BCUT2D eigenvalue weighted by atomic mass is 10.1. The Bertz CT molecular complexity index is 1160. The molecule has 0 unspecified atom stereocenters. The molecule has 172 valence electrons. The normalized spacial score (nSPS) is 14.8.